The Morgan fingerprint density at radius 1 is 0.853 bits per heavy atom. The van der Waals surface area contributed by atoms with Crippen LogP contribution in [0.2, 0.25) is 0 Å². The second-order valence-corrected chi connectivity index (χ2v) is 9.62. The minimum atomic E-state index is 0.0438. The van der Waals surface area contributed by atoms with Crippen molar-refractivity contribution in [1.82, 2.24) is 4.90 Å². The van der Waals surface area contributed by atoms with Gasteiger partial charge in [-0.15, -0.1) is 0 Å². The standard InChI is InChI=1S/C26H31NO3.2C2H6/c28-16-21-12-19-14-27(10-9-25(19)29-21)15-20-13-24-22-7-3-1-5-17(22)11-18-6-2-4-8-23(18)26(24)30-20;2*1-2/h1-8,19-21,24-26,28H,9-16H2;2*1-2H3. The molecule has 34 heavy (non-hydrogen) atoms. The first-order chi connectivity index (χ1) is 16.8. The summed E-state index contributed by atoms with van der Waals surface area (Å²) in [5.41, 5.74) is 5.74. The average Bonchev–Trinajstić information content (AvgIpc) is 3.48. The molecule has 0 spiro atoms. The fourth-order valence-electron chi connectivity index (χ4n) is 6.40. The van der Waals surface area contributed by atoms with Gasteiger partial charge in [-0.3, -0.25) is 0 Å². The number of hydrogen-bond acceptors (Lipinski definition) is 4. The van der Waals surface area contributed by atoms with Crippen LogP contribution in [0.4, 0.5) is 0 Å². The van der Waals surface area contributed by atoms with Gasteiger partial charge in [-0.25, -0.2) is 0 Å². The van der Waals surface area contributed by atoms with Crippen molar-refractivity contribution in [3.8, 4) is 0 Å². The summed E-state index contributed by atoms with van der Waals surface area (Å²) in [5, 5.41) is 9.45. The third-order valence-electron chi connectivity index (χ3n) is 7.77. The Bertz CT molecular complexity index is 862. The fraction of sp³-hybridized carbons (Fsp3) is 0.600. The van der Waals surface area contributed by atoms with Crippen molar-refractivity contribution in [3.63, 3.8) is 0 Å². The molecule has 3 heterocycles. The highest BCUT2D eigenvalue weighted by molar-refractivity contribution is 5.45. The number of hydrogen-bond donors (Lipinski definition) is 1. The molecule has 1 aliphatic carbocycles. The summed E-state index contributed by atoms with van der Waals surface area (Å²) < 4.78 is 12.8. The van der Waals surface area contributed by atoms with Crippen LogP contribution < -0.4 is 0 Å². The van der Waals surface area contributed by atoms with Gasteiger partial charge in [0, 0.05) is 31.5 Å². The molecule has 0 radical (unpaired) electrons. The number of aliphatic hydroxyl groups excluding tert-OH is 1. The Balaban J connectivity index is 0.000000652. The number of aliphatic hydroxyl groups is 1. The van der Waals surface area contributed by atoms with E-state index in [4.69, 9.17) is 9.47 Å². The molecule has 3 fully saturated rings. The van der Waals surface area contributed by atoms with Gasteiger partial charge in [-0.05, 0) is 47.9 Å². The normalized spacial score (nSPS) is 31.4. The van der Waals surface area contributed by atoms with Crippen molar-refractivity contribution in [2.75, 3.05) is 26.2 Å². The summed E-state index contributed by atoms with van der Waals surface area (Å²) in [6.07, 6.45) is 5.00. The summed E-state index contributed by atoms with van der Waals surface area (Å²) in [6.45, 7) is 11.3. The van der Waals surface area contributed by atoms with E-state index in [1.165, 1.54) is 22.3 Å². The molecular formula is C30H43NO3. The molecular weight excluding hydrogens is 422 g/mol. The molecule has 4 heteroatoms. The zero-order valence-electron chi connectivity index (χ0n) is 21.5. The van der Waals surface area contributed by atoms with Gasteiger partial charge in [-0.1, -0.05) is 76.2 Å². The van der Waals surface area contributed by atoms with Gasteiger partial charge in [-0.2, -0.15) is 0 Å². The van der Waals surface area contributed by atoms with Crippen LogP contribution in [0.15, 0.2) is 48.5 Å². The van der Waals surface area contributed by atoms with Crippen LogP contribution in [-0.2, 0) is 15.9 Å². The van der Waals surface area contributed by atoms with Gasteiger partial charge in [0.1, 0.15) is 0 Å². The number of benzene rings is 2. The predicted molar refractivity (Wildman–Crippen MR) is 138 cm³/mol. The van der Waals surface area contributed by atoms with Crippen molar-refractivity contribution in [1.29, 1.82) is 0 Å². The van der Waals surface area contributed by atoms with Gasteiger partial charge >= 0.3 is 0 Å². The largest absolute Gasteiger partial charge is 0.394 e. The quantitative estimate of drug-likeness (QED) is 0.629. The third-order valence-corrected chi connectivity index (χ3v) is 7.77. The van der Waals surface area contributed by atoms with Gasteiger partial charge in [0.05, 0.1) is 31.0 Å². The molecule has 186 valence electrons. The van der Waals surface area contributed by atoms with E-state index in [1.807, 2.05) is 27.7 Å². The van der Waals surface area contributed by atoms with Crippen molar-refractivity contribution in [2.45, 2.75) is 83.7 Å². The Labute approximate surface area is 206 Å². The lowest BCUT2D eigenvalue weighted by atomic mass is 9.87. The molecule has 2 aromatic rings. The fourth-order valence-corrected chi connectivity index (χ4v) is 6.40. The van der Waals surface area contributed by atoms with E-state index in [2.05, 4.69) is 53.4 Å². The Morgan fingerprint density at radius 3 is 2.26 bits per heavy atom. The van der Waals surface area contributed by atoms with E-state index >= 15 is 0 Å². The van der Waals surface area contributed by atoms with E-state index in [-0.39, 0.29) is 24.9 Å². The van der Waals surface area contributed by atoms with Crippen LogP contribution in [0.3, 0.4) is 0 Å². The molecule has 6 rings (SSSR count). The monoisotopic (exact) mass is 465 g/mol. The molecule has 0 aromatic heterocycles. The molecule has 0 amide bonds. The van der Waals surface area contributed by atoms with Crippen LogP contribution in [0.5, 0.6) is 0 Å². The lowest BCUT2D eigenvalue weighted by Crippen LogP contribution is -2.44. The van der Waals surface area contributed by atoms with Crippen LogP contribution in [-0.4, -0.2) is 54.6 Å². The average molecular weight is 466 g/mol. The van der Waals surface area contributed by atoms with Crippen molar-refractivity contribution in [3.05, 3.63) is 70.8 Å². The minimum Gasteiger partial charge on any atom is -0.394 e. The molecule has 6 unspecified atom stereocenters. The van der Waals surface area contributed by atoms with Gasteiger partial charge in [0.2, 0.25) is 0 Å². The number of rotatable bonds is 3. The van der Waals surface area contributed by atoms with Crippen LogP contribution >= 0.6 is 0 Å². The molecule has 0 saturated carbocycles. The van der Waals surface area contributed by atoms with E-state index < -0.39 is 0 Å². The first kappa shape index (κ1) is 25.4. The van der Waals surface area contributed by atoms with Crippen LogP contribution in [0.1, 0.15) is 81.2 Å². The predicted octanol–water partition coefficient (Wildman–Crippen LogP) is 5.73. The molecule has 6 atom stereocenters. The van der Waals surface area contributed by atoms with Crippen LogP contribution in [0, 0.1) is 5.92 Å². The van der Waals surface area contributed by atoms with E-state index in [9.17, 15) is 5.11 Å². The van der Waals surface area contributed by atoms with Gasteiger partial charge in [0.15, 0.2) is 0 Å². The Hall–Kier alpha value is -1.72. The third kappa shape index (κ3) is 5.11. The smallest absolute Gasteiger partial charge is 0.0901 e. The number of nitrogens with zero attached hydrogens (tertiary/aromatic N) is 1. The maximum atomic E-state index is 9.45. The number of fused-ring (bicyclic) bond motifs is 6. The van der Waals surface area contributed by atoms with Gasteiger partial charge in [0.25, 0.3) is 0 Å². The molecule has 3 aliphatic heterocycles. The SMILES string of the molecule is CC.CC.OCC1CC2CN(CC3CC4c5ccccc5Cc5ccccc5C4O3)CCC2O1. The molecule has 0 bridgehead atoms. The number of ether oxygens (including phenoxy) is 2. The van der Waals surface area contributed by atoms with Crippen molar-refractivity contribution in [2.24, 2.45) is 5.92 Å². The summed E-state index contributed by atoms with van der Waals surface area (Å²) in [7, 11) is 0. The highest BCUT2D eigenvalue weighted by Gasteiger charge is 2.43. The lowest BCUT2D eigenvalue weighted by Gasteiger charge is -2.35. The maximum absolute atomic E-state index is 9.45. The summed E-state index contributed by atoms with van der Waals surface area (Å²) in [6, 6.07) is 17.8. The molecule has 3 saturated heterocycles. The lowest BCUT2D eigenvalue weighted by molar-refractivity contribution is -0.0301. The Kier molecular flexibility index (Phi) is 8.81. The highest BCUT2D eigenvalue weighted by atomic mass is 16.5. The summed E-state index contributed by atoms with van der Waals surface area (Å²) in [4.78, 5) is 2.58. The number of likely N-dealkylation sites (tertiary alicyclic amines) is 1. The summed E-state index contributed by atoms with van der Waals surface area (Å²) in [5.74, 6) is 1.00. The van der Waals surface area contributed by atoms with E-state index in [0.29, 0.717) is 17.9 Å². The second kappa shape index (κ2) is 11.8. The first-order valence-electron chi connectivity index (χ1n) is 13.6. The molecule has 1 N–H and O–H groups in total. The maximum Gasteiger partial charge on any atom is 0.0901 e. The van der Waals surface area contributed by atoms with Crippen molar-refractivity contribution < 1.29 is 14.6 Å². The molecule has 4 aliphatic rings. The van der Waals surface area contributed by atoms with Gasteiger partial charge < -0.3 is 19.5 Å². The molecule has 2 aromatic carbocycles. The topological polar surface area (TPSA) is 41.9 Å². The zero-order chi connectivity index (χ0) is 24.1. The zero-order valence-corrected chi connectivity index (χ0v) is 21.5. The number of piperidine rings is 1. The van der Waals surface area contributed by atoms with Crippen molar-refractivity contribution >= 4 is 0 Å². The van der Waals surface area contributed by atoms with Crippen LogP contribution in [0.25, 0.3) is 0 Å². The van der Waals surface area contributed by atoms with E-state index in [1.54, 1.807) is 0 Å². The summed E-state index contributed by atoms with van der Waals surface area (Å²) >= 11 is 0. The highest BCUT2D eigenvalue weighted by Crippen LogP contribution is 2.49. The Morgan fingerprint density at radius 2 is 1.53 bits per heavy atom. The second-order valence-electron chi connectivity index (χ2n) is 9.62. The minimum absolute atomic E-state index is 0.0438. The first-order valence-corrected chi connectivity index (χ1v) is 13.6. The molecule has 4 nitrogen and oxygen atoms in total. The van der Waals surface area contributed by atoms with E-state index in [0.717, 1.165) is 45.3 Å².